The van der Waals surface area contributed by atoms with Crippen LogP contribution in [0.4, 0.5) is 11.6 Å². The Morgan fingerprint density at radius 1 is 1.03 bits per heavy atom. The second kappa shape index (κ2) is 9.85. The molecule has 0 amide bonds. The van der Waals surface area contributed by atoms with Crippen LogP contribution in [0.5, 0.6) is 5.75 Å². The maximum Gasteiger partial charge on any atom is 0.332 e. The molecule has 8 heteroatoms. The van der Waals surface area contributed by atoms with Crippen LogP contribution in [-0.2, 0) is 20.1 Å². The second-order valence-electron chi connectivity index (χ2n) is 9.05. The van der Waals surface area contributed by atoms with Crippen molar-refractivity contribution in [2.45, 2.75) is 66.0 Å². The van der Waals surface area contributed by atoms with E-state index in [-0.39, 0.29) is 11.2 Å². The molecule has 2 aromatic heterocycles. The third-order valence-corrected chi connectivity index (χ3v) is 6.39. The number of hydrogen-bond acceptors (Lipinski definition) is 5. The fraction of sp³-hybridized carbons (Fsp3) is 0.560. The number of ether oxygens (including phenoxy) is 1. The molecule has 0 radical (unpaired) electrons. The molecule has 1 aromatic carbocycles. The van der Waals surface area contributed by atoms with Crippen LogP contribution in [0.15, 0.2) is 33.9 Å². The minimum atomic E-state index is -0.292. The molecule has 1 aliphatic heterocycles. The number of fused-ring (bicyclic) bond motifs is 3. The van der Waals surface area contributed by atoms with Crippen LogP contribution in [0.25, 0.3) is 11.2 Å². The van der Waals surface area contributed by atoms with Gasteiger partial charge < -0.3 is 14.2 Å². The zero-order valence-electron chi connectivity index (χ0n) is 20.2. The fourth-order valence-corrected chi connectivity index (χ4v) is 4.68. The number of nitrogens with zero attached hydrogens (tertiary/aromatic N) is 5. The highest BCUT2D eigenvalue weighted by Crippen LogP contribution is 2.33. The van der Waals surface area contributed by atoms with Crippen molar-refractivity contribution < 1.29 is 4.74 Å². The Morgan fingerprint density at radius 3 is 2.45 bits per heavy atom. The minimum absolute atomic E-state index is 0.233. The average molecular weight is 454 g/mol. The normalized spacial score (nSPS) is 15.8. The lowest BCUT2D eigenvalue weighted by Gasteiger charge is -2.33. The van der Waals surface area contributed by atoms with Crippen LogP contribution in [0, 0.1) is 5.92 Å². The SMILES string of the molecule is CCCCCCCn1c(=O)c2c(nc3n2C[C@H](C)CN3c2ccc(OCC)cc2)n(C)c1=O. The quantitative estimate of drug-likeness (QED) is 0.457. The molecule has 3 aromatic rings. The van der Waals surface area contributed by atoms with E-state index in [0.29, 0.717) is 42.7 Å². The maximum atomic E-state index is 13.5. The molecule has 3 heterocycles. The van der Waals surface area contributed by atoms with Gasteiger partial charge in [-0.15, -0.1) is 0 Å². The molecule has 1 atom stereocenters. The second-order valence-corrected chi connectivity index (χ2v) is 9.05. The van der Waals surface area contributed by atoms with Crippen LogP contribution in [0.3, 0.4) is 0 Å². The highest BCUT2D eigenvalue weighted by Gasteiger charge is 2.29. The smallest absolute Gasteiger partial charge is 0.332 e. The van der Waals surface area contributed by atoms with Gasteiger partial charge >= 0.3 is 5.69 Å². The van der Waals surface area contributed by atoms with Crippen LogP contribution in [0.2, 0.25) is 0 Å². The predicted octanol–water partition coefficient (Wildman–Crippen LogP) is 4.05. The van der Waals surface area contributed by atoms with Crippen LogP contribution in [-0.4, -0.2) is 31.8 Å². The summed E-state index contributed by atoms with van der Waals surface area (Å²) < 4.78 is 10.5. The topological polar surface area (TPSA) is 74.3 Å². The zero-order valence-corrected chi connectivity index (χ0v) is 20.2. The third kappa shape index (κ3) is 4.43. The standard InChI is InChI=1S/C25H35N5O3/c1-5-7-8-9-10-15-28-23(31)21-22(27(4)25(28)32)26-24-29(16-18(3)17-30(21)24)19-11-13-20(14-12-19)33-6-2/h11-14,18H,5-10,15-17H2,1-4H3/t18-/m1/s1. The molecular formula is C25H35N5O3. The Hall–Kier alpha value is -3.03. The Labute approximate surface area is 194 Å². The number of rotatable bonds is 9. The van der Waals surface area contributed by atoms with Crippen molar-refractivity contribution in [1.82, 2.24) is 18.7 Å². The Morgan fingerprint density at radius 2 is 1.76 bits per heavy atom. The molecule has 8 nitrogen and oxygen atoms in total. The van der Waals surface area contributed by atoms with Gasteiger partial charge in [-0.25, -0.2) is 4.79 Å². The molecular weight excluding hydrogens is 418 g/mol. The first-order valence-electron chi connectivity index (χ1n) is 12.2. The monoisotopic (exact) mass is 453 g/mol. The van der Waals surface area contributed by atoms with E-state index in [2.05, 4.69) is 18.7 Å². The van der Waals surface area contributed by atoms with Crippen molar-refractivity contribution in [3.05, 3.63) is 45.1 Å². The highest BCUT2D eigenvalue weighted by molar-refractivity contribution is 5.77. The summed E-state index contributed by atoms with van der Waals surface area (Å²) in [5.74, 6) is 1.85. The summed E-state index contributed by atoms with van der Waals surface area (Å²) in [6.45, 7) is 8.86. The Balaban J connectivity index is 1.75. The lowest BCUT2D eigenvalue weighted by atomic mass is 10.1. The summed E-state index contributed by atoms with van der Waals surface area (Å²) in [6, 6.07) is 7.93. The van der Waals surface area contributed by atoms with Gasteiger partial charge in [-0.05, 0) is 43.5 Å². The van der Waals surface area contributed by atoms with E-state index in [0.717, 1.165) is 37.2 Å². The van der Waals surface area contributed by atoms with Gasteiger partial charge in [0.1, 0.15) is 5.75 Å². The molecule has 0 aliphatic carbocycles. The largest absolute Gasteiger partial charge is 0.494 e. The van der Waals surface area contributed by atoms with E-state index < -0.39 is 0 Å². The first kappa shape index (κ1) is 23.1. The van der Waals surface area contributed by atoms with Crippen molar-refractivity contribution >= 4 is 22.8 Å². The molecule has 0 saturated carbocycles. The number of imidazole rings is 1. The summed E-state index contributed by atoms with van der Waals surface area (Å²) in [6.07, 6.45) is 5.33. The maximum absolute atomic E-state index is 13.5. The summed E-state index contributed by atoms with van der Waals surface area (Å²) >= 11 is 0. The van der Waals surface area contributed by atoms with Gasteiger partial charge in [0, 0.05) is 32.4 Å². The van der Waals surface area contributed by atoms with Crippen molar-refractivity contribution in [2.75, 3.05) is 18.1 Å². The van der Waals surface area contributed by atoms with E-state index in [1.165, 1.54) is 22.0 Å². The predicted molar refractivity (Wildman–Crippen MR) is 132 cm³/mol. The third-order valence-electron chi connectivity index (χ3n) is 6.39. The first-order valence-corrected chi connectivity index (χ1v) is 12.2. The highest BCUT2D eigenvalue weighted by atomic mass is 16.5. The molecule has 0 unspecified atom stereocenters. The van der Waals surface area contributed by atoms with Crippen molar-refractivity contribution in [3.8, 4) is 5.75 Å². The lowest BCUT2D eigenvalue weighted by molar-refractivity contribution is 0.340. The number of benzene rings is 1. The van der Waals surface area contributed by atoms with Crippen molar-refractivity contribution in [3.63, 3.8) is 0 Å². The number of unbranched alkanes of at least 4 members (excludes halogenated alkanes) is 4. The molecule has 1 aliphatic rings. The van der Waals surface area contributed by atoms with Crippen LogP contribution in [0.1, 0.15) is 52.9 Å². The molecule has 0 fully saturated rings. The molecule has 4 rings (SSSR count). The van der Waals surface area contributed by atoms with E-state index >= 15 is 0 Å². The Bertz CT molecular complexity index is 1220. The van der Waals surface area contributed by atoms with E-state index in [9.17, 15) is 9.59 Å². The number of aryl methyl sites for hydroxylation is 1. The van der Waals surface area contributed by atoms with Crippen LogP contribution >= 0.6 is 0 Å². The van der Waals surface area contributed by atoms with E-state index in [4.69, 9.17) is 9.72 Å². The number of aromatic nitrogens is 4. The lowest BCUT2D eigenvalue weighted by Crippen LogP contribution is -2.40. The average Bonchev–Trinajstić information content (AvgIpc) is 3.19. The number of hydrogen-bond donors (Lipinski definition) is 0. The van der Waals surface area contributed by atoms with E-state index in [1.54, 1.807) is 7.05 Å². The fourth-order valence-electron chi connectivity index (χ4n) is 4.68. The zero-order chi connectivity index (χ0) is 23.5. The van der Waals surface area contributed by atoms with Gasteiger partial charge in [0.05, 0.1) is 6.61 Å². The molecule has 178 valence electrons. The minimum Gasteiger partial charge on any atom is -0.494 e. The summed E-state index contributed by atoms with van der Waals surface area (Å²) in [7, 11) is 1.71. The van der Waals surface area contributed by atoms with Crippen molar-refractivity contribution in [2.24, 2.45) is 13.0 Å². The molecule has 33 heavy (non-hydrogen) atoms. The summed E-state index contributed by atoms with van der Waals surface area (Å²) in [5.41, 5.74) is 1.43. The van der Waals surface area contributed by atoms with Crippen molar-refractivity contribution in [1.29, 1.82) is 0 Å². The molecule has 0 N–H and O–H groups in total. The van der Waals surface area contributed by atoms with Gasteiger partial charge in [0.15, 0.2) is 11.2 Å². The number of anilines is 2. The summed E-state index contributed by atoms with van der Waals surface area (Å²) in [5, 5.41) is 0. The Kier molecular flexibility index (Phi) is 6.91. The van der Waals surface area contributed by atoms with Gasteiger partial charge in [0.25, 0.3) is 5.56 Å². The molecule has 0 spiro atoms. The first-order chi connectivity index (χ1) is 16.0. The van der Waals surface area contributed by atoms with Gasteiger partial charge in [-0.1, -0.05) is 39.5 Å². The summed E-state index contributed by atoms with van der Waals surface area (Å²) in [4.78, 5) is 33.4. The van der Waals surface area contributed by atoms with Gasteiger partial charge in [-0.2, -0.15) is 4.98 Å². The van der Waals surface area contributed by atoms with E-state index in [1.807, 2.05) is 35.8 Å². The molecule has 0 saturated heterocycles. The van der Waals surface area contributed by atoms with Gasteiger partial charge in [-0.3, -0.25) is 13.9 Å². The van der Waals surface area contributed by atoms with Gasteiger partial charge in [0.2, 0.25) is 5.95 Å². The molecule has 0 bridgehead atoms. The van der Waals surface area contributed by atoms with Crippen LogP contribution < -0.4 is 20.9 Å².